The smallest absolute Gasteiger partial charge is 0.419 e. The molecule has 2 aromatic carbocycles. The lowest BCUT2D eigenvalue weighted by Crippen LogP contribution is -2.38. The average molecular weight is 384 g/mol. The van der Waals surface area contributed by atoms with Crippen molar-refractivity contribution in [3.63, 3.8) is 0 Å². The zero-order valence-electron chi connectivity index (χ0n) is 16.1. The molecule has 2 rings (SSSR count). The standard InChI is InChI=1S/C22H28N2O4/c23-15-9-1-2-10-16-24(21(25)27-17-19-11-5-3-6-12-19)22(26)28-18-20-13-7-4-8-14-20/h3-8,11-14H,1-2,9-10,15-18,23H2. The van der Waals surface area contributed by atoms with Gasteiger partial charge < -0.3 is 15.2 Å². The number of rotatable bonds is 10. The summed E-state index contributed by atoms with van der Waals surface area (Å²) in [6, 6.07) is 18.7. The van der Waals surface area contributed by atoms with Gasteiger partial charge in [0.1, 0.15) is 13.2 Å². The van der Waals surface area contributed by atoms with Gasteiger partial charge >= 0.3 is 12.2 Å². The average Bonchev–Trinajstić information content (AvgIpc) is 2.74. The first-order chi connectivity index (χ1) is 13.7. The van der Waals surface area contributed by atoms with E-state index in [1.54, 1.807) is 0 Å². The molecule has 28 heavy (non-hydrogen) atoms. The largest absolute Gasteiger partial charge is 0.444 e. The molecule has 2 N–H and O–H groups in total. The van der Waals surface area contributed by atoms with Crippen LogP contribution in [-0.4, -0.2) is 30.2 Å². The van der Waals surface area contributed by atoms with Gasteiger partial charge in [0, 0.05) is 6.54 Å². The molecule has 6 nitrogen and oxygen atoms in total. The normalized spacial score (nSPS) is 10.3. The molecule has 0 spiro atoms. The van der Waals surface area contributed by atoms with Gasteiger partial charge in [-0.3, -0.25) is 0 Å². The number of hydrogen-bond donors (Lipinski definition) is 1. The number of unbranched alkanes of at least 4 members (excludes halogenated alkanes) is 3. The molecule has 0 aliphatic rings. The van der Waals surface area contributed by atoms with Crippen LogP contribution in [0.2, 0.25) is 0 Å². The van der Waals surface area contributed by atoms with Crippen molar-refractivity contribution in [2.75, 3.05) is 13.1 Å². The quantitative estimate of drug-likeness (QED) is 0.611. The third-order valence-electron chi connectivity index (χ3n) is 4.19. The van der Waals surface area contributed by atoms with E-state index in [2.05, 4.69) is 0 Å². The molecule has 0 unspecified atom stereocenters. The lowest BCUT2D eigenvalue weighted by molar-refractivity contribution is 0.0693. The molecular formula is C22H28N2O4. The Balaban J connectivity index is 1.90. The highest BCUT2D eigenvalue weighted by molar-refractivity contribution is 5.87. The van der Waals surface area contributed by atoms with Gasteiger partial charge in [-0.2, -0.15) is 0 Å². The van der Waals surface area contributed by atoms with Crippen molar-refractivity contribution in [2.24, 2.45) is 5.73 Å². The topological polar surface area (TPSA) is 81.9 Å². The number of imide groups is 1. The first-order valence-electron chi connectivity index (χ1n) is 9.59. The number of amides is 2. The Bertz CT molecular complexity index is 651. The Kier molecular flexibility index (Phi) is 9.58. The van der Waals surface area contributed by atoms with Crippen LogP contribution >= 0.6 is 0 Å². The maximum absolute atomic E-state index is 12.5. The zero-order chi connectivity index (χ0) is 20.0. The van der Waals surface area contributed by atoms with Crippen LogP contribution < -0.4 is 5.73 Å². The molecule has 150 valence electrons. The summed E-state index contributed by atoms with van der Waals surface area (Å²) in [6.07, 6.45) is 2.06. The van der Waals surface area contributed by atoms with Gasteiger partial charge in [-0.1, -0.05) is 73.5 Å². The number of nitrogens with zero attached hydrogens (tertiary/aromatic N) is 1. The molecule has 0 atom stereocenters. The molecule has 6 heteroatoms. The summed E-state index contributed by atoms with van der Waals surface area (Å²) in [5.74, 6) is 0. The summed E-state index contributed by atoms with van der Waals surface area (Å²) in [7, 11) is 0. The summed E-state index contributed by atoms with van der Waals surface area (Å²) in [5, 5.41) is 0. The summed E-state index contributed by atoms with van der Waals surface area (Å²) in [6.45, 7) is 1.11. The summed E-state index contributed by atoms with van der Waals surface area (Å²) < 4.78 is 10.6. The number of hydrogen-bond acceptors (Lipinski definition) is 5. The lowest BCUT2D eigenvalue weighted by atomic mass is 10.2. The van der Waals surface area contributed by atoms with E-state index in [0.717, 1.165) is 35.3 Å². The van der Waals surface area contributed by atoms with Gasteiger partial charge in [0.15, 0.2) is 0 Å². The van der Waals surface area contributed by atoms with Gasteiger partial charge in [0.2, 0.25) is 0 Å². The fraction of sp³-hybridized carbons (Fsp3) is 0.364. The Hall–Kier alpha value is -2.86. The molecule has 0 fully saturated rings. The van der Waals surface area contributed by atoms with Crippen LogP contribution in [0.4, 0.5) is 9.59 Å². The van der Waals surface area contributed by atoms with Crippen LogP contribution in [0.15, 0.2) is 60.7 Å². The van der Waals surface area contributed by atoms with E-state index >= 15 is 0 Å². The highest BCUT2D eigenvalue weighted by Crippen LogP contribution is 2.09. The monoisotopic (exact) mass is 384 g/mol. The first-order valence-corrected chi connectivity index (χ1v) is 9.59. The highest BCUT2D eigenvalue weighted by Gasteiger charge is 2.24. The second kappa shape index (κ2) is 12.5. The number of nitrogens with two attached hydrogens (primary N) is 1. The van der Waals surface area contributed by atoms with Gasteiger partial charge in [-0.05, 0) is 30.5 Å². The fourth-order valence-corrected chi connectivity index (χ4v) is 2.62. The molecule has 0 heterocycles. The number of ether oxygens (including phenoxy) is 2. The van der Waals surface area contributed by atoms with E-state index in [9.17, 15) is 9.59 Å². The molecule has 0 saturated carbocycles. The van der Waals surface area contributed by atoms with Crippen molar-refractivity contribution in [1.29, 1.82) is 0 Å². The Morgan fingerprint density at radius 1 is 0.714 bits per heavy atom. The van der Waals surface area contributed by atoms with Crippen molar-refractivity contribution >= 4 is 12.2 Å². The van der Waals surface area contributed by atoms with Gasteiger partial charge in [0.05, 0.1) is 0 Å². The van der Waals surface area contributed by atoms with Crippen molar-refractivity contribution in [2.45, 2.75) is 38.9 Å². The van der Waals surface area contributed by atoms with E-state index in [1.165, 1.54) is 0 Å². The third kappa shape index (κ3) is 7.80. The first kappa shape index (κ1) is 21.4. The Morgan fingerprint density at radius 2 is 1.18 bits per heavy atom. The molecule has 0 aromatic heterocycles. The minimum Gasteiger partial charge on any atom is -0.444 e. The molecule has 0 radical (unpaired) electrons. The number of carbonyl (C=O) groups excluding carboxylic acids is 2. The molecule has 0 saturated heterocycles. The van der Waals surface area contributed by atoms with E-state index in [4.69, 9.17) is 15.2 Å². The predicted octanol–water partition coefficient (Wildman–Crippen LogP) is 4.48. The van der Waals surface area contributed by atoms with E-state index < -0.39 is 12.2 Å². The van der Waals surface area contributed by atoms with Gasteiger partial charge in [-0.25, -0.2) is 14.5 Å². The van der Waals surface area contributed by atoms with Crippen LogP contribution in [0.5, 0.6) is 0 Å². The Morgan fingerprint density at radius 3 is 1.64 bits per heavy atom. The van der Waals surface area contributed by atoms with Crippen LogP contribution in [0.1, 0.15) is 36.8 Å². The zero-order valence-corrected chi connectivity index (χ0v) is 16.1. The van der Waals surface area contributed by atoms with Crippen molar-refractivity contribution in [3.05, 3.63) is 71.8 Å². The van der Waals surface area contributed by atoms with Crippen molar-refractivity contribution in [1.82, 2.24) is 4.90 Å². The van der Waals surface area contributed by atoms with Crippen LogP contribution in [0.3, 0.4) is 0 Å². The summed E-state index contributed by atoms with van der Waals surface area (Å²) >= 11 is 0. The second-order valence-electron chi connectivity index (χ2n) is 6.43. The maximum Gasteiger partial charge on any atom is 0.419 e. The predicted molar refractivity (Wildman–Crippen MR) is 107 cm³/mol. The maximum atomic E-state index is 12.5. The van der Waals surface area contributed by atoms with E-state index in [1.807, 2.05) is 60.7 Å². The molecule has 2 aromatic rings. The highest BCUT2D eigenvalue weighted by atomic mass is 16.6. The van der Waals surface area contributed by atoms with Gasteiger partial charge in [0.25, 0.3) is 0 Å². The van der Waals surface area contributed by atoms with Crippen molar-refractivity contribution < 1.29 is 19.1 Å². The molecule has 0 aliphatic heterocycles. The fourth-order valence-electron chi connectivity index (χ4n) is 2.62. The Labute approximate surface area is 166 Å². The minimum atomic E-state index is -0.694. The molecule has 0 bridgehead atoms. The van der Waals surface area contributed by atoms with Crippen LogP contribution in [-0.2, 0) is 22.7 Å². The number of carbonyl (C=O) groups is 2. The molecular weight excluding hydrogens is 356 g/mol. The lowest BCUT2D eigenvalue weighted by Gasteiger charge is -2.20. The number of benzene rings is 2. The minimum absolute atomic E-state index is 0.106. The second-order valence-corrected chi connectivity index (χ2v) is 6.43. The summed E-state index contributed by atoms with van der Waals surface area (Å²) in [5.41, 5.74) is 7.21. The SMILES string of the molecule is NCCCCCCN(C(=O)OCc1ccccc1)C(=O)OCc1ccccc1. The van der Waals surface area contributed by atoms with Crippen LogP contribution in [0, 0.1) is 0 Å². The van der Waals surface area contributed by atoms with Crippen LogP contribution in [0.25, 0.3) is 0 Å². The van der Waals surface area contributed by atoms with Crippen molar-refractivity contribution in [3.8, 4) is 0 Å². The summed E-state index contributed by atoms with van der Waals surface area (Å²) in [4.78, 5) is 26.0. The van der Waals surface area contributed by atoms with E-state index in [-0.39, 0.29) is 19.8 Å². The third-order valence-corrected chi connectivity index (χ3v) is 4.19. The molecule has 2 amide bonds. The molecule has 0 aliphatic carbocycles. The van der Waals surface area contributed by atoms with Gasteiger partial charge in [-0.15, -0.1) is 0 Å². The van der Waals surface area contributed by atoms with E-state index in [0.29, 0.717) is 13.0 Å².